The van der Waals surface area contributed by atoms with Crippen molar-refractivity contribution in [3.8, 4) is 0 Å². The highest BCUT2D eigenvalue weighted by Crippen LogP contribution is 2.24. The molecule has 0 unspecified atom stereocenters. The SMILES string of the molecule is Cc1nc(CC(=O)N2CCO[C@@H](c3nnc(C(C)C)o3)C2)cs1. The quantitative estimate of drug-likeness (QED) is 0.850. The fraction of sp³-hybridized carbons (Fsp3) is 0.600. The van der Waals surface area contributed by atoms with E-state index < -0.39 is 0 Å². The van der Waals surface area contributed by atoms with Gasteiger partial charge in [0.05, 0.1) is 30.3 Å². The summed E-state index contributed by atoms with van der Waals surface area (Å²) in [5.41, 5.74) is 0.820. The predicted molar refractivity (Wildman–Crippen MR) is 84.2 cm³/mol. The molecule has 3 rings (SSSR count). The summed E-state index contributed by atoms with van der Waals surface area (Å²) >= 11 is 1.56. The molecule has 0 radical (unpaired) electrons. The van der Waals surface area contributed by atoms with Gasteiger partial charge in [-0.25, -0.2) is 4.98 Å². The van der Waals surface area contributed by atoms with Crippen molar-refractivity contribution in [2.45, 2.75) is 39.2 Å². The summed E-state index contributed by atoms with van der Waals surface area (Å²) in [6.45, 7) is 7.39. The number of carbonyl (C=O) groups excluding carboxylic acids is 1. The van der Waals surface area contributed by atoms with Crippen LogP contribution in [0.25, 0.3) is 0 Å². The standard InChI is InChI=1S/C15H20N4O3S/c1-9(2)14-17-18-15(22-14)12-7-19(4-5-21-12)13(20)6-11-8-23-10(3)16-11/h8-9,12H,4-7H2,1-3H3/t12-/m1/s1. The number of morpholine rings is 1. The zero-order valence-corrected chi connectivity index (χ0v) is 14.3. The second-order valence-electron chi connectivity index (χ2n) is 5.87. The molecule has 7 nitrogen and oxygen atoms in total. The van der Waals surface area contributed by atoms with Crippen molar-refractivity contribution < 1.29 is 13.9 Å². The van der Waals surface area contributed by atoms with Crippen LogP contribution in [0.4, 0.5) is 0 Å². The molecule has 124 valence electrons. The fourth-order valence-electron chi connectivity index (χ4n) is 2.39. The van der Waals surface area contributed by atoms with Crippen molar-refractivity contribution in [3.63, 3.8) is 0 Å². The molecular formula is C15H20N4O3S. The number of carbonyl (C=O) groups is 1. The maximum absolute atomic E-state index is 12.4. The van der Waals surface area contributed by atoms with Gasteiger partial charge < -0.3 is 14.1 Å². The number of aromatic nitrogens is 3. The van der Waals surface area contributed by atoms with Crippen LogP contribution in [-0.4, -0.2) is 45.7 Å². The van der Waals surface area contributed by atoms with E-state index in [9.17, 15) is 4.79 Å². The third-order valence-electron chi connectivity index (χ3n) is 3.64. The molecule has 1 fully saturated rings. The fourth-order valence-corrected chi connectivity index (χ4v) is 3.00. The summed E-state index contributed by atoms with van der Waals surface area (Å²) in [4.78, 5) is 18.6. The highest BCUT2D eigenvalue weighted by atomic mass is 32.1. The van der Waals surface area contributed by atoms with Crippen LogP contribution >= 0.6 is 11.3 Å². The molecule has 0 aliphatic carbocycles. The minimum absolute atomic E-state index is 0.0483. The number of hydrogen-bond donors (Lipinski definition) is 0. The van der Waals surface area contributed by atoms with Gasteiger partial charge in [0.1, 0.15) is 0 Å². The average Bonchev–Trinajstić information content (AvgIpc) is 3.17. The van der Waals surface area contributed by atoms with Crippen LogP contribution in [0.2, 0.25) is 0 Å². The Kier molecular flexibility index (Phi) is 4.72. The largest absolute Gasteiger partial charge is 0.422 e. The van der Waals surface area contributed by atoms with Crippen molar-refractivity contribution in [3.05, 3.63) is 27.9 Å². The number of aryl methyl sites for hydroxylation is 1. The van der Waals surface area contributed by atoms with E-state index in [4.69, 9.17) is 9.15 Å². The van der Waals surface area contributed by atoms with Gasteiger partial charge in [0.15, 0.2) is 6.10 Å². The Hall–Kier alpha value is -1.80. The van der Waals surface area contributed by atoms with Crippen LogP contribution in [0, 0.1) is 6.92 Å². The maximum atomic E-state index is 12.4. The maximum Gasteiger partial charge on any atom is 0.247 e. The lowest BCUT2D eigenvalue weighted by Gasteiger charge is -2.31. The summed E-state index contributed by atoms with van der Waals surface area (Å²) in [7, 11) is 0. The van der Waals surface area contributed by atoms with E-state index in [2.05, 4.69) is 15.2 Å². The Bertz CT molecular complexity index is 682. The number of ether oxygens (including phenoxy) is 1. The summed E-state index contributed by atoms with van der Waals surface area (Å²) in [5, 5.41) is 11.0. The zero-order valence-electron chi connectivity index (χ0n) is 13.5. The number of amides is 1. The predicted octanol–water partition coefficient (Wildman–Crippen LogP) is 2.10. The normalized spacial score (nSPS) is 18.6. The topological polar surface area (TPSA) is 81.4 Å². The number of hydrogen-bond acceptors (Lipinski definition) is 7. The third kappa shape index (κ3) is 3.76. The van der Waals surface area contributed by atoms with E-state index in [1.165, 1.54) is 0 Å². The average molecular weight is 336 g/mol. The van der Waals surface area contributed by atoms with Gasteiger partial charge in [-0.2, -0.15) is 0 Å². The highest BCUT2D eigenvalue weighted by molar-refractivity contribution is 7.09. The van der Waals surface area contributed by atoms with Gasteiger partial charge in [0, 0.05) is 17.8 Å². The van der Waals surface area contributed by atoms with Crippen LogP contribution in [0.1, 0.15) is 48.4 Å². The summed E-state index contributed by atoms with van der Waals surface area (Å²) < 4.78 is 11.3. The molecule has 0 bridgehead atoms. The lowest BCUT2D eigenvalue weighted by Crippen LogP contribution is -2.43. The van der Waals surface area contributed by atoms with E-state index >= 15 is 0 Å². The van der Waals surface area contributed by atoms with Crippen molar-refractivity contribution in [1.29, 1.82) is 0 Å². The molecule has 23 heavy (non-hydrogen) atoms. The van der Waals surface area contributed by atoms with Gasteiger partial charge in [0.25, 0.3) is 0 Å². The first-order valence-corrected chi connectivity index (χ1v) is 8.54. The van der Waals surface area contributed by atoms with Crippen molar-refractivity contribution >= 4 is 17.2 Å². The molecule has 1 aliphatic heterocycles. The van der Waals surface area contributed by atoms with Crippen LogP contribution < -0.4 is 0 Å². The molecule has 2 aromatic rings. The lowest BCUT2D eigenvalue weighted by atomic mass is 10.2. The number of nitrogens with zero attached hydrogens (tertiary/aromatic N) is 4. The van der Waals surface area contributed by atoms with Gasteiger partial charge in [-0.05, 0) is 6.92 Å². The first kappa shape index (κ1) is 16.1. The van der Waals surface area contributed by atoms with E-state index in [1.54, 1.807) is 16.2 Å². The minimum Gasteiger partial charge on any atom is -0.422 e. The third-order valence-corrected chi connectivity index (χ3v) is 4.47. The Labute approximate surface area is 138 Å². The van der Waals surface area contributed by atoms with Gasteiger partial charge in [-0.3, -0.25) is 4.79 Å². The summed E-state index contributed by atoms with van der Waals surface area (Å²) in [6.07, 6.45) is -0.0390. The smallest absolute Gasteiger partial charge is 0.247 e. The molecule has 0 aromatic carbocycles. The first-order valence-electron chi connectivity index (χ1n) is 7.66. The number of rotatable bonds is 4. The van der Waals surface area contributed by atoms with E-state index in [0.717, 1.165) is 10.7 Å². The Balaban J connectivity index is 1.64. The van der Waals surface area contributed by atoms with Crippen LogP contribution in [0.5, 0.6) is 0 Å². The molecule has 3 heterocycles. The van der Waals surface area contributed by atoms with E-state index in [-0.39, 0.29) is 17.9 Å². The van der Waals surface area contributed by atoms with Gasteiger partial charge >= 0.3 is 0 Å². The second kappa shape index (κ2) is 6.76. The first-order chi connectivity index (χ1) is 11.0. The van der Waals surface area contributed by atoms with Crippen LogP contribution in [0.3, 0.4) is 0 Å². The van der Waals surface area contributed by atoms with Gasteiger partial charge in [-0.15, -0.1) is 21.5 Å². The molecule has 0 spiro atoms. The molecule has 0 N–H and O–H groups in total. The molecule has 1 atom stereocenters. The molecule has 1 amide bonds. The molecule has 8 heteroatoms. The Morgan fingerprint density at radius 3 is 2.96 bits per heavy atom. The minimum atomic E-state index is -0.357. The molecule has 0 saturated carbocycles. The summed E-state index contributed by atoms with van der Waals surface area (Å²) in [6, 6.07) is 0. The van der Waals surface area contributed by atoms with Crippen LogP contribution in [0.15, 0.2) is 9.80 Å². The van der Waals surface area contributed by atoms with E-state index in [0.29, 0.717) is 37.9 Å². The van der Waals surface area contributed by atoms with Gasteiger partial charge in [-0.1, -0.05) is 13.8 Å². The van der Waals surface area contributed by atoms with Crippen molar-refractivity contribution in [2.24, 2.45) is 0 Å². The molecular weight excluding hydrogens is 316 g/mol. The van der Waals surface area contributed by atoms with Gasteiger partial charge in [0.2, 0.25) is 17.7 Å². The van der Waals surface area contributed by atoms with E-state index in [1.807, 2.05) is 26.2 Å². The second-order valence-corrected chi connectivity index (χ2v) is 6.93. The molecule has 2 aromatic heterocycles. The van der Waals surface area contributed by atoms with Crippen LogP contribution in [-0.2, 0) is 16.0 Å². The summed E-state index contributed by atoms with van der Waals surface area (Å²) in [5.74, 6) is 1.25. The number of thiazole rings is 1. The van der Waals surface area contributed by atoms with Crippen molar-refractivity contribution in [2.75, 3.05) is 19.7 Å². The molecule has 1 aliphatic rings. The Morgan fingerprint density at radius 1 is 1.48 bits per heavy atom. The monoisotopic (exact) mass is 336 g/mol. The molecule has 1 saturated heterocycles. The Morgan fingerprint density at radius 2 is 2.30 bits per heavy atom. The zero-order chi connectivity index (χ0) is 16.4. The lowest BCUT2D eigenvalue weighted by molar-refractivity contribution is -0.139. The highest BCUT2D eigenvalue weighted by Gasteiger charge is 2.29. The van der Waals surface area contributed by atoms with Crippen molar-refractivity contribution in [1.82, 2.24) is 20.1 Å².